The fourth-order valence-electron chi connectivity index (χ4n) is 2.06. The van der Waals surface area contributed by atoms with E-state index in [1.54, 1.807) is 0 Å². The van der Waals surface area contributed by atoms with Gasteiger partial charge in [0.05, 0.1) is 3.79 Å². The van der Waals surface area contributed by atoms with Crippen LogP contribution < -0.4 is 5.32 Å². The molecule has 1 aliphatic rings. The highest BCUT2D eigenvalue weighted by Crippen LogP contribution is 2.23. The zero-order valence-corrected chi connectivity index (χ0v) is 11.9. The van der Waals surface area contributed by atoms with Crippen molar-refractivity contribution in [2.75, 3.05) is 32.7 Å². The van der Waals surface area contributed by atoms with Crippen molar-refractivity contribution in [3.63, 3.8) is 0 Å². The highest BCUT2D eigenvalue weighted by atomic mass is 79.9. The van der Waals surface area contributed by atoms with Crippen molar-refractivity contribution in [1.29, 1.82) is 0 Å². The lowest BCUT2D eigenvalue weighted by atomic mass is 10.2. The molecule has 0 radical (unpaired) electrons. The normalized spacial score (nSPS) is 17.8. The molecule has 0 bridgehead atoms. The third-order valence-corrected chi connectivity index (χ3v) is 4.67. The number of halogens is 1. The van der Waals surface area contributed by atoms with Gasteiger partial charge in [0.25, 0.3) is 0 Å². The molecule has 2 rings (SSSR count). The van der Waals surface area contributed by atoms with Gasteiger partial charge in [-0.2, -0.15) is 0 Å². The molecule has 1 fully saturated rings. The van der Waals surface area contributed by atoms with E-state index in [4.69, 9.17) is 0 Å². The summed E-state index contributed by atoms with van der Waals surface area (Å²) in [4.78, 5) is 4.08. The summed E-state index contributed by atoms with van der Waals surface area (Å²) in [7, 11) is 0. The lowest BCUT2D eigenvalue weighted by molar-refractivity contribution is 0.237. The van der Waals surface area contributed by atoms with Gasteiger partial charge in [0.2, 0.25) is 0 Å². The minimum atomic E-state index is 1.16. The Morgan fingerprint density at radius 3 is 2.75 bits per heavy atom. The third-order valence-electron chi connectivity index (χ3n) is 2.99. The number of hydrogen-bond donors (Lipinski definition) is 1. The second-order valence-electron chi connectivity index (χ2n) is 4.25. The number of aryl methyl sites for hydroxylation is 1. The molecular formula is C12H19BrN2S. The average Bonchev–Trinajstić information content (AvgIpc) is 2.72. The van der Waals surface area contributed by atoms with Crippen LogP contribution in [0, 0.1) is 0 Å². The molecule has 1 aromatic rings. The van der Waals surface area contributed by atoms with Gasteiger partial charge >= 0.3 is 0 Å². The second kappa shape index (κ2) is 6.74. The molecule has 4 heteroatoms. The summed E-state index contributed by atoms with van der Waals surface area (Å²) in [5, 5.41) is 3.39. The number of piperazine rings is 1. The number of thiophene rings is 1. The number of nitrogens with zero attached hydrogens (tertiary/aromatic N) is 1. The molecule has 1 aliphatic heterocycles. The molecule has 0 aliphatic carbocycles. The number of hydrogen-bond acceptors (Lipinski definition) is 3. The Bertz CT molecular complexity index is 308. The van der Waals surface area contributed by atoms with E-state index in [1.807, 2.05) is 11.3 Å². The Kier molecular flexibility index (Phi) is 5.29. The summed E-state index contributed by atoms with van der Waals surface area (Å²) < 4.78 is 1.25. The number of rotatable bonds is 5. The maximum atomic E-state index is 3.51. The molecule has 0 amide bonds. The molecule has 1 N–H and O–H groups in total. The molecular weight excluding hydrogens is 284 g/mol. The smallest absolute Gasteiger partial charge is 0.0701 e. The minimum absolute atomic E-state index is 1.16. The predicted molar refractivity (Wildman–Crippen MR) is 74.3 cm³/mol. The Hall–Kier alpha value is 0.1000. The zero-order chi connectivity index (χ0) is 11.2. The van der Waals surface area contributed by atoms with E-state index in [-0.39, 0.29) is 0 Å². The monoisotopic (exact) mass is 302 g/mol. The van der Waals surface area contributed by atoms with Crippen molar-refractivity contribution >= 4 is 27.3 Å². The van der Waals surface area contributed by atoms with E-state index < -0.39 is 0 Å². The zero-order valence-electron chi connectivity index (χ0n) is 9.54. The van der Waals surface area contributed by atoms with Crippen LogP contribution >= 0.6 is 27.3 Å². The molecule has 16 heavy (non-hydrogen) atoms. The van der Waals surface area contributed by atoms with Gasteiger partial charge in [0.15, 0.2) is 0 Å². The molecule has 1 saturated heterocycles. The standard InChI is InChI=1S/C12H19BrN2S/c13-12-5-4-11(16-12)3-1-2-8-15-9-6-14-7-10-15/h4-5,14H,1-3,6-10H2. The molecule has 0 atom stereocenters. The summed E-state index contributed by atoms with van der Waals surface area (Å²) in [5.41, 5.74) is 0. The van der Waals surface area contributed by atoms with Crippen molar-refractivity contribution in [1.82, 2.24) is 10.2 Å². The van der Waals surface area contributed by atoms with Gasteiger partial charge in [-0.25, -0.2) is 0 Å². The van der Waals surface area contributed by atoms with Crippen LogP contribution in [-0.4, -0.2) is 37.6 Å². The summed E-state index contributed by atoms with van der Waals surface area (Å²) in [5.74, 6) is 0. The largest absolute Gasteiger partial charge is 0.314 e. The second-order valence-corrected chi connectivity index (χ2v) is 6.80. The summed E-state index contributed by atoms with van der Waals surface area (Å²) in [6.45, 7) is 6.05. The van der Waals surface area contributed by atoms with E-state index in [2.05, 4.69) is 38.3 Å². The third kappa shape index (κ3) is 4.17. The Labute approximate surface area is 110 Å². The van der Waals surface area contributed by atoms with Gasteiger partial charge in [-0.3, -0.25) is 0 Å². The summed E-state index contributed by atoms with van der Waals surface area (Å²) in [6, 6.07) is 4.38. The van der Waals surface area contributed by atoms with Crippen molar-refractivity contribution in [3.8, 4) is 0 Å². The fourth-order valence-corrected chi connectivity index (χ4v) is 3.58. The van der Waals surface area contributed by atoms with Gasteiger partial charge in [-0.1, -0.05) is 0 Å². The van der Waals surface area contributed by atoms with Gasteiger partial charge in [0.1, 0.15) is 0 Å². The average molecular weight is 303 g/mol. The van der Waals surface area contributed by atoms with Crippen LogP contribution in [0.1, 0.15) is 17.7 Å². The van der Waals surface area contributed by atoms with Gasteiger partial charge in [-0.05, 0) is 53.9 Å². The first-order chi connectivity index (χ1) is 7.84. The first kappa shape index (κ1) is 12.6. The van der Waals surface area contributed by atoms with Crippen molar-refractivity contribution in [2.24, 2.45) is 0 Å². The first-order valence-corrected chi connectivity index (χ1v) is 7.63. The molecule has 0 aromatic carbocycles. The topological polar surface area (TPSA) is 15.3 Å². The van der Waals surface area contributed by atoms with Gasteiger partial charge < -0.3 is 10.2 Å². The molecule has 90 valence electrons. The van der Waals surface area contributed by atoms with Crippen LogP contribution in [0.25, 0.3) is 0 Å². The lowest BCUT2D eigenvalue weighted by Gasteiger charge is -2.26. The lowest BCUT2D eigenvalue weighted by Crippen LogP contribution is -2.43. The van der Waals surface area contributed by atoms with Crippen molar-refractivity contribution < 1.29 is 0 Å². The number of unbranched alkanes of at least 4 members (excludes halogenated alkanes) is 1. The highest BCUT2D eigenvalue weighted by molar-refractivity contribution is 9.11. The highest BCUT2D eigenvalue weighted by Gasteiger charge is 2.08. The SMILES string of the molecule is Brc1ccc(CCCCN2CCNCC2)s1. The van der Waals surface area contributed by atoms with Crippen LogP contribution in [0.4, 0.5) is 0 Å². The maximum Gasteiger partial charge on any atom is 0.0701 e. The molecule has 0 unspecified atom stereocenters. The van der Waals surface area contributed by atoms with Crippen molar-refractivity contribution in [3.05, 3.63) is 20.8 Å². The molecule has 0 saturated carbocycles. The minimum Gasteiger partial charge on any atom is -0.314 e. The van der Waals surface area contributed by atoms with Crippen LogP contribution in [0.5, 0.6) is 0 Å². The van der Waals surface area contributed by atoms with Crippen molar-refractivity contribution in [2.45, 2.75) is 19.3 Å². The first-order valence-electron chi connectivity index (χ1n) is 6.02. The fraction of sp³-hybridized carbons (Fsp3) is 0.667. The van der Waals surface area contributed by atoms with Crippen LogP contribution in [-0.2, 0) is 6.42 Å². The van der Waals surface area contributed by atoms with E-state index in [0.29, 0.717) is 0 Å². The van der Waals surface area contributed by atoms with Crippen LogP contribution in [0.3, 0.4) is 0 Å². The quantitative estimate of drug-likeness (QED) is 0.842. The maximum absolute atomic E-state index is 3.51. The number of nitrogens with one attached hydrogen (secondary N) is 1. The predicted octanol–water partition coefficient (Wildman–Crippen LogP) is 2.74. The molecule has 2 heterocycles. The van der Waals surface area contributed by atoms with E-state index in [0.717, 1.165) is 13.1 Å². The van der Waals surface area contributed by atoms with Crippen LogP contribution in [0.2, 0.25) is 0 Å². The Morgan fingerprint density at radius 1 is 1.25 bits per heavy atom. The molecule has 1 aromatic heterocycles. The van der Waals surface area contributed by atoms with E-state index in [1.165, 1.54) is 47.6 Å². The van der Waals surface area contributed by atoms with Crippen LogP contribution in [0.15, 0.2) is 15.9 Å². The molecule has 0 spiro atoms. The Balaban J connectivity index is 1.57. The Morgan fingerprint density at radius 2 is 2.06 bits per heavy atom. The van der Waals surface area contributed by atoms with E-state index >= 15 is 0 Å². The molecule has 2 nitrogen and oxygen atoms in total. The summed E-state index contributed by atoms with van der Waals surface area (Å²) >= 11 is 5.37. The summed E-state index contributed by atoms with van der Waals surface area (Å²) in [6.07, 6.45) is 3.88. The van der Waals surface area contributed by atoms with Gasteiger partial charge in [-0.15, -0.1) is 11.3 Å². The van der Waals surface area contributed by atoms with E-state index in [9.17, 15) is 0 Å². The van der Waals surface area contributed by atoms with Gasteiger partial charge in [0, 0.05) is 31.1 Å².